The van der Waals surface area contributed by atoms with Crippen molar-refractivity contribution < 1.29 is 4.79 Å². The number of hydrogen-bond donors (Lipinski definition) is 1. The molecular weight excluding hydrogens is 258 g/mol. The number of aromatic nitrogens is 4. The molecule has 8 nitrogen and oxygen atoms in total. The molecule has 98 valence electrons. The Morgan fingerprint density at radius 1 is 1.35 bits per heavy atom. The average molecular weight is 267 g/mol. The van der Waals surface area contributed by atoms with Gasteiger partial charge in [0.1, 0.15) is 18.5 Å². The van der Waals surface area contributed by atoms with Gasteiger partial charge in [0.25, 0.3) is 5.91 Å². The van der Waals surface area contributed by atoms with E-state index in [9.17, 15) is 4.79 Å². The molecule has 2 rings (SSSR count). The van der Waals surface area contributed by atoms with Gasteiger partial charge in [-0.05, 0) is 19.1 Å². The third kappa shape index (κ3) is 2.31. The van der Waals surface area contributed by atoms with Gasteiger partial charge in [-0.3, -0.25) is 9.36 Å². The van der Waals surface area contributed by atoms with Crippen LogP contribution in [0.1, 0.15) is 28.8 Å². The highest BCUT2D eigenvalue weighted by Gasteiger charge is 2.13. The largest absolute Gasteiger partial charge is 0.351 e. The normalized spacial score (nSPS) is 9.55. The van der Waals surface area contributed by atoms with E-state index in [1.807, 2.05) is 12.1 Å². The number of amides is 1. The summed E-state index contributed by atoms with van der Waals surface area (Å²) in [7, 11) is 0. The monoisotopic (exact) mass is 267 g/mol. The third-order valence-electron chi connectivity index (χ3n) is 2.45. The Bertz CT molecular complexity index is 718. The molecule has 0 spiro atoms. The molecule has 0 atom stereocenters. The standard InChI is InChI=1S/C12H9N7O/c1-2-15-12(20)8-3-4-11(18-17-8)19-7-16-9(5-13)10(19)6-14/h3-4,7H,2H2,1H3,(H,15,20). The van der Waals surface area contributed by atoms with E-state index in [1.165, 1.54) is 23.0 Å². The lowest BCUT2D eigenvalue weighted by Crippen LogP contribution is -2.24. The first-order valence-electron chi connectivity index (χ1n) is 5.71. The summed E-state index contributed by atoms with van der Waals surface area (Å²) in [4.78, 5) is 15.3. The van der Waals surface area contributed by atoms with Crippen LogP contribution in [-0.4, -0.2) is 32.2 Å². The van der Waals surface area contributed by atoms with Crippen LogP contribution in [0.25, 0.3) is 5.82 Å². The Labute approximate surface area is 114 Å². The van der Waals surface area contributed by atoms with E-state index in [-0.39, 0.29) is 23.0 Å². The molecule has 0 bridgehead atoms. The molecule has 0 aliphatic rings. The van der Waals surface area contributed by atoms with Crippen LogP contribution in [0.5, 0.6) is 0 Å². The zero-order chi connectivity index (χ0) is 14.5. The maximum Gasteiger partial charge on any atom is 0.271 e. The minimum atomic E-state index is -0.324. The number of nitrogens with zero attached hydrogens (tertiary/aromatic N) is 6. The summed E-state index contributed by atoms with van der Waals surface area (Å²) in [6.07, 6.45) is 1.31. The van der Waals surface area contributed by atoms with Crippen molar-refractivity contribution in [1.82, 2.24) is 25.1 Å². The van der Waals surface area contributed by atoms with Crippen LogP contribution in [0.2, 0.25) is 0 Å². The van der Waals surface area contributed by atoms with Crippen molar-refractivity contribution in [3.05, 3.63) is 35.5 Å². The molecule has 0 radical (unpaired) electrons. The highest BCUT2D eigenvalue weighted by atomic mass is 16.1. The summed E-state index contributed by atoms with van der Waals surface area (Å²) in [5, 5.41) is 28.1. The lowest BCUT2D eigenvalue weighted by molar-refractivity contribution is 0.0950. The number of rotatable bonds is 3. The van der Waals surface area contributed by atoms with Crippen molar-refractivity contribution in [3.8, 4) is 18.0 Å². The Morgan fingerprint density at radius 2 is 2.15 bits per heavy atom. The van der Waals surface area contributed by atoms with Crippen molar-refractivity contribution in [2.24, 2.45) is 0 Å². The molecular formula is C12H9N7O. The van der Waals surface area contributed by atoms with Crippen molar-refractivity contribution in [2.45, 2.75) is 6.92 Å². The lowest BCUT2D eigenvalue weighted by Gasteiger charge is -2.03. The first-order chi connectivity index (χ1) is 9.71. The van der Waals surface area contributed by atoms with Gasteiger partial charge in [-0.15, -0.1) is 10.2 Å². The fraction of sp³-hybridized carbons (Fsp3) is 0.167. The zero-order valence-electron chi connectivity index (χ0n) is 10.5. The van der Waals surface area contributed by atoms with E-state index >= 15 is 0 Å². The summed E-state index contributed by atoms with van der Waals surface area (Å²) in [6.45, 7) is 2.29. The lowest BCUT2D eigenvalue weighted by atomic mass is 10.3. The van der Waals surface area contributed by atoms with Crippen LogP contribution in [0.4, 0.5) is 0 Å². The van der Waals surface area contributed by atoms with Gasteiger partial charge in [-0.1, -0.05) is 0 Å². The molecule has 2 heterocycles. The Morgan fingerprint density at radius 3 is 2.70 bits per heavy atom. The van der Waals surface area contributed by atoms with E-state index in [1.54, 1.807) is 6.92 Å². The summed E-state index contributed by atoms with van der Waals surface area (Å²) in [6, 6.07) is 6.71. The molecule has 0 aliphatic carbocycles. The summed E-state index contributed by atoms with van der Waals surface area (Å²) in [5.74, 6) is -0.0148. The van der Waals surface area contributed by atoms with Gasteiger partial charge in [0, 0.05) is 6.54 Å². The molecule has 1 amide bonds. The molecule has 0 unspecified atom stereocenters. The minimum absolute atomic E-state index is 0.0158. The second-order valence-corrected chi connectivity index (χ2v) is 3.67. The summed E-state index contributed by atoms with van der Waals surface area (Å²) < 4.78 is 1.34. The van der Waals surface area contributed by atoms with Crippen molar-refractivity contribution in [1.29, 1.82) is 10.5 Å². The van der Waals surface area contributed by atoms with Crippen LogP contribution in [0, 0.1) is 22.7 Å². The Hall–Kier alpha value is -3.26. The molecule has 1 N–H and O–H groups in total. The molecule has 2 aromatic rings. The van der Waals surface area contributed by atoms with Gasteiger partial charge in [0.15, 0.2) is 22.9 Å². The quantitative estimate of drug-likeness (QED) is 0.845. The molecule has 0 saturated carbocycles. The first-order valence-corrected chi connectivity index (χ1v) is 5.71. The smallest absolute Gasteiger partial charge is 0.271 e. The first kappa shape index (κ1) is 13.2. The number of nitrogens with one attached hydrogen (secondary N) is 1. The fourth-order valence-electron chi connectivity index (χ4n) is 1.54. The van der Waals surface area contributed by atoms with E-state index in [4.69, 9.17) is 10.5 Å². The second kappa shape index (κ2) is 5.59. The number of imidazole rings is 1. The van der Waals surface area contributed by atoms with Crippen molar-refractivity contribution in [2.75, 3.05) is 6.54 Å². The topological polar surface area (TPSA) is 120 Å². The molecule has 0 fully saturated rings. The maximum atomic E-state index is 11.5. The van der Waals surface area contributed by atoms with E-state index in [2.05, 4.69) is 20.5 Å². The summed E-state index contributed by atoms with van der Waals surface area (Å²) in [5.41, 5.74) is 0.268. The minimum Gasteiger partial charge on any atom is -0.351 e. The molecule has 0 aliphatic heterocycles. The maximum absolute atomic E-state index is 11.5. The number of carbonyl (C=O) groups excluding carboxylic acids is 1. The van der Waals surface area contributed by atoms with Crippen LogP contribution < -0.4 is 5.32 Å². The SMILES string of the molecule is CCNC(=O)c1ccc(-n2cnc(C#N)c2C#N)nn1. The highest BCUT2D eigenvalue weighted by molar-refractivity contribution is 5.92. The predicted molar refractivity (Wildman–Crippen MR) is 66.6 cm³/mol. The predicted octanol–water partition coefficient (Wildman–Crippen LogP) is 0.155. The molecule has 0 saturated heterocycles. The van der Waals surface area contributed by atoms with Crippen molar-refractivity contribution in [3.63, 3.8) is 0 Å². The van der Waals surface area contributed by atoms with Gasteiger partial charge in [0.05, 0.1) is 0 Å². The van der Waals surface area contributed by atoms with E-state index in [0.717, 1.165) is 0 Å². The van der Waals surface area contributed by atoms with E-state index in [0.29, 0.717) is 12.4 Å². The van der Waals surface area contributed by atoms with Gasteiger partial charge >= 0.3 is 0 Å². The molecule has 2 aromatic heterocycles. The Kier molecular flexibility index (Phi) is 3.68. The average Bonchev–Trinajstić information content (AvgIpc) is 2.90. The second-order valence-electron chi connectivity index (χ2n) is 3.67. The van der Waals surface area contributed by atoms with E-state index < -0.39 is 0 Å². The van der Waals surface area contributed by atoms with Crippen LogP contribution in [0.15, 0.2) is 18.5 Å². The number of nitriles is 2. The third-order valence-corrected chi connectivity index (χ3v) is 2.45. The van der Waals surface area contributed by atoms with Crippen LogP contribution in [0.3, 0.4) is 0 Å². The number of hydrogen-bond acceptors (Lipinski definition) is 6. The Balaban J connectivity index is 2.37. The number of carbonyl (C=O) groups is 1. The van der Waals surface area contributed by atoms with Crippen LogP contribution in [-0.2, 0) is 0 Å². The molecule has 20 heavy (non-hydrogen) atoms. The zero-order valence-corrected chi connectivity index (χ0v) is 10.5. The molecule has 0 aromatic carbocycles. The van der Waals surface area contributed by atoms with Gasteiger partial charge in [0.2, 0.25) is 0 Å². The van der Waals surface area contributed by atoms with Gasteiger partial charge < -0.3 is 5.32 Å². The summed E-state index contributed by atoms with van der Waals surface area (Å²) >= 11 is 0. The van der Waals surface area contributed by atoms with Gasteiger partial charge in [-0.25, -0.2) is 4.98 Å². The molecule has 8 heteroatoms. The highest BCUT2D eigenvalue weighted by Crippen LogP contribution is 2.11. The van der Waals surface area contributed by atoms with Gasteiger partial charge in [-0.2, -0.15) is 10.5 Å². The van der Waals surface area contributed by atoms with Crippen molar-refractivity contribution >= 4 is 5.91 Å². The van der Waals surface area contributed by atoms with Crippen LogP contribution >= 0.6 is 0 Å². The fourth-order valence-corrected chi connectivity index (χ4v) is 1.54.